The zero-order valence-electron chi connectivity index (χ0n) is 27.6. The second kappa shape index (κ2) is 11.0. The number of rotatable bonds is 4. The lowest BCUT2D eigenvalue weighted by atomic mass is 10.00. The van der Waals surface area contributed by atoms with Crippen molar-refractivity contribution >= 4 is 75.1 Å². The van der Waals surface area contributed by atoms with Crippen molar-refractivity contribution in [3.05, 3.63) is 182 Å². The van der Waals surface area contributed by atoms with Crippen molar-refractivity contribution in [3.63, 3.8) is 0 Å². The Hall–Kier alpha value is -6.42. The lowest BCUT2D eigenvalue weighted by Crippen LogP contribution is -1.94. The fourth-order valence-electron chi connectivity index (χ4n) is 8.19. The van der Waals surface area contributed by atoms with Crippen LogP contribution in [0.4, 0.5) is 0 Å². The summed E-state index contributed by atoms with van der Waals surface area (Å²) in [6, 6.07) is 66.5. The highest BCUT2D eigenvalue weighted by molar-refractivity contribution is 7.26. The highest BCUT2D eigenvalue weighted by atomic mass is 32.1. The minimum absolute atomic E-state index is 1.16. The summed E-state index contributed by atoms with van der Waals surface area (Å²) in [5.41, 5.74) is 12.1. The van der Waals surface area contributed by atoms with Crippen LogP contribution in [0.25, 0.3) is 97.4 Å². The summed E-state index contributed by atoms with van der Waals surface area (Å²) < 4.78 is 7.50. The van der Waals surface area contributed by atoms with Crippen LogP contribution in [-0.4, -0.2) is 9.13 Å². The molecule has 0 atom stereocenters. The van der Waals surface area contributed by atoms with Gasteiger partial charge < -0.3 is 9.13 Å². The Balaban J connectivity index is 1.15. The molecule has 0 radical (unpaired) electrons. The molecule has 0 fully saturated rings. The number of para-hydroxylation sites is 2. The Morgan fingerprint density at radius 3 is 1.63 bits per heavy atom. The van der Waals surface area contributed by atoms with Gasteiger partial charge in [-0.1, -0.05) is 115 Å². The number of hydrogen-bond acceptors (Lipinski definition) is 1. The van der Waals surface area contributed by atoms with Crippen molar-refractivity contribution in [2.45, 2.75) is 0 Å². The van der Waals surface area contributed by atoms with E-state index >= 15 is 0 Å². The topological polar surface area (TPSA) is 9.86 Å². The second-order valence-corrected chi connectivity index (χ2v) is 14.4. The fourth-order valence-corrected chi connectivity index (χ4v) is 9.44. The van der Waals surface area contributed by atoms with Gasteiger partial charge in [0.25, 0.3) is 0 Å². The van der Waals surface area contributed by atoms with Gasteiger partial charge in [-0.2, -0.15) is 0 Å². The SMILES string of the molecule is c1ccc(-c2ccc(-n3c4ccc(-c5ccc6c(c5)c5ccccc5n6-c5ccccc5)cc4c4c5sc6ccccc6c5ccc43)cc2)cc1. The van der Waals surface area contributed by atoms with Gasteiger partial charge in [-0.25, -0.2) is 0 Å². The normalized spacial score (nSPS) is 11.9. The van der Waals surface area contributed by atoms with E-state index < -0.39 is 0 Å². The second-order valence-electron chi connectivity index (χ2n) is 13.3. The molecule has 11 rings (SSSR count). The zero-order chi connectivity index (χ0) is 33.5. The lowest BCUT2D eigenvalue weighted by Gasteiger charge is -2.10. The molecule has 0 bridgehead atoms. The van der Waals surface area contributed by atoms with E-state index in [4.69, 9.17) is 0 Å². The van der Waals surface area contributed by atoms with Crippen molar-refractivity contribution in [1.29, 1.82) is 0 Å². The molecule has 0 amide bonds. The molecule has 0 N–H and O–H groups in total. The van der Waals surface area contributed by atoms with Crippen LogP contribution in [0, 0.1) is 0 Å². The molecule has 3 heteroatoms. The molecule has 0 saturated carbocycles. The molecule has 2 nitrogen and oxygen atoms in total. The number of thiophene rings is 1. The van der Waals surface area contributed by atoms with E-state index in [2.05, 4.69) is 191 Å². The van der Waals surface area contributed by atoms with Crippen LogP contribution in [0.2, 0.25) is 0 Å². The molecule has 3 heterocycles. The van der Waals surface area contributed by atoms with Crippen molar-refractivity contribution in [3.8, 4) is 33.6 Å². The van der Waals surface area contributed by atoms with Gasteiger partial charge in [0.05, 0.1) is 22.1 Å². The van der Waals surface area contributed by atoms with Crippen LogP contribution in [-0.2, 0) is 0 Å². The van der Waals surface area contributed by atoms with Gasteiger partial charge in [0.1, 0.15) is 0 Å². The smallest absolute Gasteiger partial charge is 0.0555 e. The summed E-state index contributed by atoms with van der Waals surface area (Å²) in [5, 5.41) is 7.77. The number of hydrogen-bond donors (Lipinski definition) is 0. The van der Waals surface area contributed by atoms with Crippen molar-refractivity contribution in [2.24, 2.45) is 0 Å². The van der Waals surface area contributed by atoms with Gasteiger partial charge in [-0.05, 0) is 89.0 Å². The maximum absolute atomic E-state index is 2.45. The highest BCUT2D eigenvalue weighted by Gasteiger charge is 2.19. The van der Waals surface area contributed by atoms with E-state index in [0.29, 0.717) is 0 Å². The fraction of sp³-hybridized carbons (Fsp3) is 0. The van der Waals surface area contributed by atoms with Gasteiger partial charge in [0, 0.05) is 53.1 Å². The first-order valence-electron chi connectivity index (χ1n) is 17.4. The van der Waals surface area contributed by atoms with Crippen LogP contribution in [0.1, 0.15) is 0 Å². The van der Waals surface area contributed by atoms with Crippen LogP contribution in [0.5, 0.6) is 0 Å². The quantitative estimate of drug-likeness (QED) is 0.177. The molecule has 0 unspecified atom stereocenters. The van der Waals surface area contributed by atoms with Crippen molar-refractivity contribution < 1.29 is 0 Å². The molecule has 8 aromatic carbocycles. The molecule has 11 aromatic rings. The maximum atomic E-state index is 2.45. The zero-order valence-corrected chi connectivity index (χ0v) is 28.4. The molecule has 0 spiro atoms. The van der Waals surface area contributed by atoms with Gasteiger partial charge in [-0.15, -0.1) is 11.3 Å². The largest absolute Gasteiger partial charge is 0.309 e. The van der Waals surface area contributed by atoms with E-state index in [0.717, 1.165) is 5.69 Å². The molecule has 51 heavy (non-hydrogen) atoms. The Bertz CT molecular complexity index is 3110. The Labute approximate surface area is 298 Å². The third-order valence-corrected chi connectivity index (χ3v) is 11.7. The molecule has 238 valence electrons. The highest BCUT2D eigenvalue weighted by Crippen LogP contribution is 2.44. The van der Waals surface area contributed by atoms with Crippen molar-refractivity contribution in [2.75, 3.05) is 0 Å². The van der Waals surface area contributed by atoms with Crippen LogP contribution >= 0.6 is 11.3 Å². The summed E-state index contributed by atoms with van der Waals surface area (Å²) in [5.74, 6) is 0. The van der Waals surface area contributed by atoms with Crippen LogP contribution < -0.4 is 0 Å². The summed E-state index contributed by atoms with van der Waals surface area (Å²) >= 11 is 1.90. The number of nitrogens with zero attached hydrogens (tertiary/aromatic N) is 2. The monoisotopic (exact) mass is 666 g/mol. The predicted molar refractivity (Wildman–Crippen MR) is 219 cm³/mol. The van der Waals surface area contributed by atoms with E-state index in [1.165, 1.54) is 91.7 Å². The molecular formula is C48H30N2S. The van der Waals surface area contributed by atoms with Gasteiger partial charge >= 0.3 is 0 Å². The maximum Gasteiger partial charge on any atom is 0.0555 e. The first-order chi connectivity index (χ1) is 25.3. The van der Waals surface area contributed by atoms with Gasteiger partial charge in [0.2, 0.25) is 0 Å². The Morgan fingerprint density at radius 2 is 0.843 bits per heavy atom. The molecule has 0 aliphatic carbocycles. The lowest BCUT2D eigenvalue weighted by molar-refractivity contribution is 1.18. The minimum Gasteiger partial charge on any atom is -0.309 e. The first-order valence-corrected chi connectivity index (χ1v) is 18.3. The molecular weight excluding hydrogens is 637 g/mol. The first kappa shape index (κ1) is 28.4. The average Bonchev–Trinajstić information content (AvgIpc) is 3.86. The molecule has 0 saturated heterocycles. The molecule has 0 aliphatic rings. The number of benzene rings is 8. The van der Waals surface area contributed by atoms with Crippen LogP contribution in [0.15, 0.2) is 182 Å². The van der Waals surface area contributed by atoms with E-state index in [-0.39, 0.29) is 0 Å². The van der Waals surface area contributed by atoms with Gasteiger partial charge in [-0.3, -0.25) is 0 Å². The Kier molecular flexibility index (Phi) is 6.16. The minimum atomic E-state index is 1.16. The summed E-state index contributed by atoms with van der Waals surface area (Å²) in [4.78, 5) is 0. The third kappa shape index (κ3) is 4.29. The molecule has 3 aromatic heterocycles. The van der Waals surface area contributed by atoms with Crippen LogP contribution in [0.3, 0.4) is 0 Å². The summed E-state index contributed by atoms with van der Waals surface area (Å²) in [7, 11) is 0. The van der Waals surface area contributed by atoms with Gasteiger partial charge in [0.15, 0.2) is 0 Å². The predicted octanol–water partition coefficient (Wildman–Crippen LogP) is 13.6. The average molecular weight is 667 g/mol. The van der Waals surface area contributed by atoms with E-state index in [1.54, 1.807) is 0 Å². The number of aromatic nitrogens is 2. The molecule has 0 aliphatic heterocycles. The van der Waals surface area contributed by atoms with E-state index in [1.807, 2.05) is 11.3 Å². The number of fused-ring (bicyclic) bond motifs is 10. The Morgan fingerprint density at radius 1 is 0.314 bits per heavy atom. The third-order valence-electron chi connectivity index (χ3n) is 10.5. The van der Waals surface area contributed by atoms with E-state index in [9.17, 15) is 0 Å². The standard InChI is InChI=1S/C48H30N2S/c1-3-11-31(12-4-1)32-19-23-36(24-20-32)50-44-27-22-34(30-41(44)47-45(50)28-25-39-38-16-8-10-18-46(38)51-48(39)47)33-21-26-43-40(29-33)37-15-7-9-17-42(37)49(43)35-13-5-2-6-14-35/h1-30H. The summed E-state index contributed by atoms with van der Waals surface area (Å²) in [6.07, 6.45) is 0. The summed E-state index contributed by atoms with van der Waals surface area (Å²) in [6.45, 7) is 0. The van der Waals surface area contributed by atoms with Crippen molar-refractivity contribution in [1.82, 2.24) is 9.13 Å².